The Morgan fingerprint density at radius 1 is 1.52 bits per heavy atom. The minimum absolute atomic E-state index is 0.228. The molecule has 8 heteroatoms. The average molecular weight is 306 g/mol. The highest BCUT2D eigenvalue weighted by Crippen LogP contribution is 2.14. The van der Waals surface area contributed by atoms with Gasteiger partial charge in [-0.3, -0.25) is 4.79 Å². The van der Waals surface area contributed by atoms with Gasteiger partial charge in [-0.15, -0.1) is 16.4 Å². The van der Waals surface area contributed by atoms with Gasteiger partial charge >= 0.3 is 0 Å². The van der Waals surface area contributed by atoms with E-state index < -0.39 is 0 Å². The first-order chi connectivity index (χ1) is 10.3. The van der Waals surface area contributed by atoms with Crippen LogP contribution in [0.2, 0.25) is 0 Å². The number of thiazole rings is 1. The molecule has 0 saturated carbocycles. The van der Waals surface area contributed by atoms with Crippen molar-refractivity contribution in [3.8, 4) is 0 Å². The summed E-state index contributed by atoms with van der Waals surface area (Å²) in [5.41, 5.74) is 0. The molecular weight excluding hydrogens is 288 g/mol. The molecule has 1 unspecified atom stereocenters. The lowest BCUT2D eigenvalue weighted by molar-refractivity contribution is 0.0943. The van der Waals surface area contributed by atoms with Crippen molar-refractivity contribution in [2.45, 2.75) is 25.3 Å². The number of rotatable bonds is 5. The fraction of sp³-hybridized carbons (Fsp3) is 0.538. The third-order valence-electron chi connectivity index (χ3n) is 3.46. The second kappa shape index (κ2) is 6.77. The Morgan fingerprint density at radius 3 is 3.24 bits per heavy atom. The van der Waals surface area contributed by atoms with E-state index in [1.54, 1.807) is 28.5 Å². The number of amides is 1. The molecule has 1 amide bonds. The molecule has 0 aliphatic carbocycles. The molecule has 0 bridgehead atoms. The highest BCUT2D eigenvalue weighted by atomic mass is 32.1. The lowest BCUT2D eigenvalue weighted by Gasteiger charge is -2.22. The van der Waals surface area contributed by atoms with Crippen LogP contribution in [0.5, 0.6) is 0 Å². The Balaban J connectivity index is 1.51. The maximum Gasteiger partial charge on any atom is 0.290 e. The van der Waals surface area contributed by atoms with Crippen LogP contribution in [0, 0.1) is 0 Å². The van der Waals surface area contributed by atoms with Gasteiger partial charge in [0.25, 0.3) is 5.91 Å². The van der Waals surface area contributed by atoms with E-state index in [9.17, 15) is 4.79 Å². The summed E-state index contributed by atoms with van der Waals surface area (Å²) in [5.74, 6) is 0.00814. The number of nitrogens with zero attached hydrogens (tertiary/aromatic N) is 4. The molecule has 1 aliphatic heterocycles. The molecule has 3 rings (SSSR count). The molecule has 7 nitrogen and oxygen atoms in total. The van der Waals surface area contributed by atoms with Gasteiger partial charge in [0.2, 0.25) is 5.82 Å². The maximum atomic E-state index is 12.0. The molecule has 1 atom stereocenters. The number of carbonyl (C=O) groups excluding carboxylic acids is 1. The molecule has 0 radical (unpaired) electrons. The van der Waals surface area contributed by atoms with Crippen molar-refractivity contribution in [1.29, 1.82) is 0 Å². The lowest BCUT2D eigenvalue weighted by Crippen LogP contribution is -2.32. The number of carbonyl (C=O) groups is 1. The second-order valence-electron chi connectivity index (χ2n) is 4.98. The summed E-state index contributed by atoms with van der Waals surface area (Å²) in [6, 6.07) is 0.295. The van der Waals surface area contributed by atoms with Crippen molar-refractivity contribution >= 4 is 17.2 Å². The van der Waals surface area contributed by atoms with Gasteiger partial charge in [0.05, 0.1) is 11.0 Å². The van der Waals surface area contributed by atoms with Crippen LogP contribution in [-0.4, -0.2) is 45.3 Å². The van der Waals surface area contributed by atoms with Gasteiger partial charge in [-0.25, -0.2) is 14.6 Å². The summed E-state index contributed by atoms with van der Waals surface area (Å²) in [6.07, 6.45) is 6.34. The fourth-order valence-electron chi connectivity index (χ4n) is 2.35. The molecule has 2 aromatic heterocycles. The van der Waals surface area contributed by atoms with Crippen LogP contribution in [-0.2, 0) is 6.42 Å². The highest BCUT2D eigenvalue weighted by molar-refractivity contribution is 7.09. The highest BCUT2D eigenvalue weighted by Gasteiger charge is 2.18. The molecule has 2 aromatic rings. The minimum atomic E-state index is -0.228. The molecule has 3 heterocycles. The maximum absolute atomic E-state index is 12.0. The predicted octanol–water partition coefficient (Wildman–Crippen LogP) is 0.632. The topological polar surface area (TPSA) is 84.7 Å². The smallest absolute Gasteiger partial charge is 0.290 e. The van der Waals surface area contributed by atoms with Crippen LogP contribution in [0.1, 0.15) is 34.5 Å². The minimum Gasteiger partial charge on any atom is -0.349 e. The Morgan fingerprint density at radius 2 is 2.48 bits per heavy atom. The van der Waals surface area contributed by atoms with Crippen molar-refractivity contribution < 1.29 is 4.79 Å². The van der Waals surface area contributed by atoms with Crippen molar-refractivity contribution in [2.24, 2.45) is 0 Å². The predicted molar refractivity (Wildman–Crippen MR) is 79.3 cm³/mol. The van der Waals surface area contributed by atoms with E-state index in [0.29, 0.717) is 12.6 Å². The Bertz CT molecular complexity index is 575. The van der Waals surface area contributed by atoms with Crippen LogP contribution < -0.4 is 10.6 Å². The molecule has 21 heavy (non-hydrogen) atoms. The number of nitrogens with one attached hydrogen (secondary N) is 2. The summed E-state index contributed by atoms with van der Waals surface area (Å²) in [5, 5.41) is 13.4. The van der Waals surface area contributed by atoms with Crippen LogP contribution >= 0.6 is 11.3 Å². The van der Waals surface area contributed by atoms with Gasteiger partial charge in [-0.05, 0) is 19.4 Å². The number of hydrogen-bond donors (Lipinski definition) is 2. The van der Waals surface area contributed by atoms with E-state index in [1.165, 1.54) is 0 Å². The van der Waals surface area contributed by atoms with Gasteiger partial charge in [-0.2, -0.15) is 0 Å². The SMILES string of the molecule is O=C(NCCc1nccs1)c1ncn(C2CCCNC2)n1. The molecule has 0 spiro atoms. The summed E-state index contributed by atoms with van der Waals surface area (Å²) in [7, 11) is 0. The summed E-state index contributed by atoms with van der Waals surface area (Å²) in [4.78, 5) is 20.3. The number of hydrogen-bond acceptors (Lipinski definition) is 6. The van der Waals surface area contributed by atoms with E-state index in [4.69, 9.17) is 0 Å². The van der Waals surface area contributed by atoms with E-state index in [-0.39, 0.29) is 11.7 Å². The summed E-state index contributed by atoms with van der Waals surface area (Å²) >= 11 is 1.59. The van der Waals surface area contributed by atoms with Crippen LogP contribution in [0.15, 0.2) is 17.9 Å². The van der Waals surface area contributed by atoms with Crippen LogP contribution in [0.4, 0.5) is 0 Å². The standard InChI is InChI=1S/C13H18N6OS/c20-13(16-5-3-11-15-6-7-21-11)12-17-9-19(18-12)10-2-1-4-14-8-10/h6-7,9-10,14H,1-5,8H2,(H,16,20). The zero-order chi connectivity index (χ0) is 14.5. The second-order valence-corrected chi connectivity index (χ2v) is 5.96. The molecular formula is C13H18N6OS. The largest absolute Gasteiger partial charge is 0.349 e. The van der Waals surface area contributed by atoms with Crippen molar-refractivity contribution in [1.82, 2.24) is 30.4 Å². The normalized spacial score (nSPS) is 18.6. The van der Waals surface area contributed by atoms with Gasteiger partial charge in [0, 0.05) is 31.1 Å². The van der Waals surface area contributed by atoms with E-state index in [0.717, 1.165) is 37.4 Å². The average Bonchev–Trinajstić information content (AvgIpc) is 3.20. The zero-order valence-corrected chi connectivity index (χ0v) is 12.5. The molecule has 1 saturated heterocycles. The monoisotopic (exact) mass is 306 g/mol. The van der Waals surface area contributed by atoms with Gasteiger partial charge in [-0.1, -0.05) is 0 Å². The van der Waals surface area contributed by atoms with Gasteiger partial charge in [0.1, 0.15) is 6.33 Å². The molecule has 1 aliphatic rings. The first kappa shape index (κ1) is 14.2. The molecule has 112 valence electrons. The zero-order valence-electron chi connectivity index (χ0n) is 11.7. The van der Waals surface area contributed by atoms with Gasteiger partial charge < -0.3 is 10.6 Å². The Hall–Kier alpha value is -1.80. The Kier molecular flexibility index (Phi) is 4.56. The van der Waals surface area contributed by atoms with Gasteiger partial charge in [0.15, 0.2) is 0 Å². The fourth-order valence-corrected chi connectivity index (χ4v) is 2.97. The van der Waals surface area contributed by atoms with Crippen LogP contribution in [0.25, 0.3) is 0 Å². The Labute approximate surface area is 126 Å². The quantitative estimate of drug-likeness (QED) is 0.846. The molecule has 2 N–H and O–H groups in total. The molecule has 0 aromatic carbocycles. The lowest BCUT2D eigenvalue weighted by atomic mass is 10.1. The van der Waals surface area contributed by atoms with Crippen molar-refractivity contribution in [3.05, 3.63) is 28.7 Å². The van der Waals surface area contributed by atoms with E-state index >= 15 is 0 Å². The summed E-state index contributed by atoms with van der Waals surface area (Å²) < 4.78 is 1.79. The molecule has 1 fully saturated rings. The third-order valence-corrected chi connectivity index (χ3v) is 4.30. The third kappa shape index (κ3) is 3.64. The van der Waals surface area contributed by atoms with Crippen molar-refractivity contribution in [2.75, 3.05) is 19.6 Å². The number of piperidine rings is 1. The van der Waals surface area contributed by atoms with E-state index in [1.807, 2.05) is 5.38 Å². The van der Waals surface area contributed by atoms with E-state index in [2.05, 4.69) is 25.7 Å². The summed E-state index contributed by atoms with van der Waals surface area (Å²) in [6.45, 7) is 2.48. The number of aromatic nitrogens is 4. The van der Waals surface area contributed by atoms with Crippen LogP contribution in [0.3, 0.4) is 0 Å². The van der Waals surface area contributed by atoms with Crippen molar-refractivity contribution in [3.63, 3.8) is 0 Å². The first-order valence-electron chi connectivity index (χ1n) is 7.11. The first-order valence-corrected chi connectivity index (χ1v) is 7.99.